The molecule has 0 heterocycles. The van der Waals surface area contributed by atoms with E-state index in [1.165, 1.54) is 6.07 Å². The van der Waals surface area contributed by atoms with Gasteiger partial charge in [0.1, 0.15) is 5.82 Å². The van der Waals surface area contributed by atoms with Gasteiger partial charge < -0.3 is 5.73 Å². The molecule has 0 aliphatic heterocycles. The van der Waals surface area contributed by atoms with E-state index < -0.39 is 5.82 Å². The van der Waals surface area contributed by atoms with Crippen LogP contribution in [-0.4, -0.2) is 6.54 Å². The number of aryl methyl sites for hydroxylation is 1. The highest BCUT2D eigenvalue weighted by atomic mass is 35.5. The first-order valence-electron chi connectivity index (χ1n) is 4.48. The van der Waals surface area contributed by atoms with Crippen molar-refractivity contribution in [3.8, 4) is 0 Å². The molecule has 14 heavy (non-hydrogen) atoms. The summed E-state index contributed by atoms with van der Waals surface area (Å²) in [5.41, 5.74) is 6.25. The zero-order valence-electron chi connectivity index (χ0n) is 7.69. The van der Waals surface area contributed by atoms with Crippen molar-refractivity contribution in [2.45, 2.75) is 19.3 Å². The molecule has 0 spiro atoms. The Morgan fingerprint density at radius 2 is 1.86 bits per heavy atom. The lowest BCUT2D eigenvalue weighted by molar-refractivity contribution is 0.627. The Kier molecular flexibility index (Phi) is 4.66. The highest BCUT2D eigenvalue weighted by molar-refractivity contribution is 6.33. The Hall–Kier alpha value is -0.310. The second-order valence-corrected chi connectivity index (χ2v) is 3.92. The summed E-state index contributed by atoms with van der Waals surface area (Å²) in [5, 5.41) is 0.557. The molecule has 0 fully saturated rings. The van der Waals surface area contributed by atoms with Gasteiger partial charge in [-0.2, -0.15) is 0 Å². The van der Waals surface area contributed by atoms with Gasteiger partial charge in [0, 0.05) is 5.02 Å². The standard InChI is InChI=1S/C10H12Cl2FN/c11-8-6-10(13)9(12)5-7(8)3-1-2-4-14/h5-6H,1-4,14H2. The molecule has 0 atom stereocenters. The Balaban J connectivity index is 2.72. The van der Waals surface area contributed by atoms with Crippen LogP contribution >= 0.6 is 23.2 Å². The van der Waals surface area contributed by atoms with Crippen LogP contribution < -0.4 is 5.73 Å². The molecule has 78 valence electrons. The molecule has 0 aliphatic rings. The zero-order valence-corrected chi connectivity index (χ0v) is 9.21. The lowest BCUT2D eigenvalue weighted by Crippen LogP contribution is -1.99. The van der Waals surface area contributed by atoms with E-state index in [0.717, 1.165) is 24.8 Å². The van der Waals surface area contributed by atoms with Crippen molar-refractivity contribution in [3.05, 3.63) is 33.6 Å². The summed E-state index contributed by atoms with van der Waals surface area (Å²) < 4.78 is 12.9. The topological polar surface area (TPSA) is 26.0 Å². The van der Waals surface area contributed by atoms with Crippen molar-refractivity contribution in [2.75, 3.05) is 6.54 Å². The Bertz CT molecular complexity index is 315. The fourth-order valence-electron chi connectivity index (χ4n) is 1.22. The molecule has 0 saturated heterocycles. The number of benzene rings is 1. The van der Waals surface area contributed by atoms with Gasteiger partial charge in [-0.1, -0.05) is 23.2 Å². The van der Waals surface area contributed by atoms with E-state index in [2.05, 4.69) is 0 Å². The molecule has 0 aromatic heterocycles. The van der Waals surface area contributed by atoms with E-state index in [4.69, 9.17) is 28.9 Å². The monoisotopic (exact) mass is 235 g/mol. The average molecular weight is 236 g/mol. The van der Waals surface area contributed by atoms with Crippen LogP contribution in [0.3, 0.4) is 0 Å². The third-order valence-corrected chi connectivity index (χ3v) is 2.63. The van der Waals surface area contributed by atoms with Gasteiger partial charge in [-0.05, 0) is 43.5 Å². The summed E-state index contributed by atoms with van der Waals surface area (Å²) in [6, 6.07) is 2.83. The van der Waals surface area contributed by atoms with Gasteiger partial charge in [-0.15, -0.1) is 0 Å². The predicted molar refractivity (Wildman–Crippen MR) is 58.4 cm³/mol. The van der Waals surface area contributed by atoms with Crippen LogP contribution in [0.5, 0.6) is 0 Å². The van der Waals surface area contributed by atoms with E-state index in [9.17, 15) is 4.39 Å². The lowest BCUT2D eigenvalue weighted by Gasteiger charge is -2.05. The zero-order chi connectivity index (χ0) is 10.6. The third-order valence-electron chi connectivity index (χ3n) is 1.99. The normalized spacial score (nSPS) is 10.6. The Morgan fingerprint density at radius 1 is 1.14 bits per heavy atom. The maximum atomic E-state index is 12.9. The van der Waals surface area contributed by atoms with Gasteiger partial charge >= 0.3 is 0 Å². The van der Waals surface area contributed by atoms with Gasteiger partial charge in [-0.3, -0.25) is 0 Å². The minimum atomic E-state index is -0.473. The molecule has 2 N–H and O–H groups in total. The fraction of sp³-hybridized carbons (Fsp3) is 0.400. The highest BCUT2D eigenvalue weighted by Crippen LogP contribution is 2.25. The molecule has 4 heteroatoms. The van der Waals surface area contributed by atoms with Crippen LogP contribution in [0.25, 0.3) is 0 Å². The second kappa shape index (κ2) is 5.54. The first-order valence-corrected chi connectivity index (χ1v) is 5.24. The number of rotatable bonds is 4. The van der Waals surface area contributed by atoms with Crippen molar-refractivity contribution >= 4 is 23.2 Å². The van der Waals surface area contributed by atoms with E-state index in [1.54, 1.807) is 6.07 Å². The van der Waals surface area contributed by atoms with Crippen molar-refractivity contribution in [1.82, 2.24) is 0 Å². The molecule has 0 aliphatic carbocycles. The van der Waals surface area contributed by atoms with Crippen molar-refractivity contribution in [2.24, 2.45) is 5.73 Å². The van der Waals surface area contributed by atoms with Gasteiger partial charge in [0.2, 0.25) is 0 Å². The maximum Gasteiger partial charge on any atom is 0.143 e. The first kappa shape index (κ1) is 11.8. The number of nitrogens with two attached hydrogens (primary N) is 1. The van der Waals surface area contributed by atoms with E-state index >= 15 is 0 Å². The molecular formula is C10H12Cl2FN. The van der Waals surface area contributed by atoms with E-state index in [-0.39, 0.29) is 5.02 Å². The molecular weight excluding hydrogens is 224 g/mol. The summed E-state index contributed by atoms with van der Waals surface area (Å²) in [6.45, 7) is 0.659. The van der Waals surface area contributed by atoms with Gasteiger partial charge in [-0.25, -0.2) is 4.39 Å². The molecule has 1 nitrogen and oxygen atoms in total. The number of hydrogen-bond acceptors (Lipinski definition) is 1. The molecule has 1 aromatic carbocycles. The van der Waals surface area contributed by atoms with Gasteiger partial charge in [0.15, 0.2) is 0 Å². The number of unbranched alkanes of at least 4 members (excludes halogenated alkanes) is 1. The summed E-state index contributed by atoms with van der Waals surface area (Å²) in [5.74, 6) is -0.473. The smallest absolute Gasteiger partial charge is 0.143 e. The van der Waals surface area contributed by atoms with Crippen molar-refractivity contribution in [1.29, 1.82) is 0 Å². The first-order chi connectivity index (χ1) is 6.65. The Labute approximate surface area is 93.0 Å². The average Bonchev–Trinajstić information content (AvgIpc) is 2.14. The fourth-order valence-corrected chi connectivity index (χ4v) is 1.65. The molecule has 0 radical (unpaired) electrons. The second-order valence-electron chi connectivity index (χ2n) is 3.10. The van der Waals surface area contributed by atoms with Crippen LogP contribution in [-0.2, 0) is 6.42 Å². The van der Waals surface area contributed by atoms with Crippen LogP contribution in [0.4, 0.5) is 4.39 Å². The molecule has 0 bridgehead atoms. The molecule has 1 aromatic rings. The van der Waals surface area contributed by atoms with Crippen LogP contribution in [0.1, 0.15) is 18.4 Å². The molecule has 0 amide bonds. The van der Waals surface area contributed by atoms with Gasteiger partial charge in [0.05, 0.1) is 5.02 Å². The predicted octanol–water partition coefficient (Wildman–Crippen LogP) is 3.41. The van der Waals surface area contributed by atoms with Gasteiger partial charge in [0.25, 0.3) is 0 Å². The third kappa shape index (κ3) is 3.12. The summed E-state index contributed by atoms with van der Waals surface area (Å²) in [4.78, 5) is 0. The van der Waals surface area contributed by atoms with Crippen LogP contribution in [0, 0.1) is 5.82 Å². The Morgan fingerprint density at radius 3 is 2.50 bits per heavy atom. The minimum Gasteiger partial charge on any atom is -0.330 e. The highest BCUT2D eigenvalue weighted by Gasteiger charge is 2.06. The van der Waals surface area contributed by atoms with Crippen molar-refractivity contribution < 1.29 is 4.39 Å². The minimum absolute atomic E-state index is 0.122. The SMILES string of the molecule is NCCCCc1cc(Cl)c(F)cc1Cl. The quantitative estimate of drug-likeness (QED) is 0.629. The number of hydrogen-bond donors (Lipinski definition) is 1. The largest absolute Gasteiger partial charge is 0.330 e. The summed E-state index contributed by atoms with van der Waals surface area (Å²) >= 11 is 11.5. The molecule has 0 unspecified atom stereocenters. The van der Waals surface area contributed by atoms with Crippen LogP contribution in [0.15, 0.2) is 12.1 Å². The lowest BCUT2D eigenvalue weighted by atomic mass is 10.1. The van der Waals surface area contributed by atoms with E-state index in [0.29, 0.717) is 11.6 Å². The summed E-state index contributed by atoms with van der Waals surface area (Å²) in [7, 11) is 0. The maximum absolute atomic E-state index is 12.9. The number of halogens is 3. The van der Waals surface area contributed by atoms with Crippen LogP contribution in [0.2, 0.25) is 10.0 Å². The van der Waals surface area contributed by atoms with E-state index in [1.807, 2.05) is 0 Å². The molecule has 1 rings (SSSR count). The van der Waals surface area contributed by atoms with Crippen molar-refractivity contribution in [3.63, 3.8) is 0 Å². The summed E-state index contributed by atoms with van der Waals surface area (Å²) in [6.07, 6.45) is 2.67. The molecule has 0 saturated carbocycles.